The molecule has 0 amide bonds. The largest absolute Gasteiger partial charge is 0.456 e. The summed E-state index contributed by atoms with van der Waals surface area (Å²) in [5, 5.41) is 0. The molecule has 0 unspecified atom stereocenters. The molecule has 0 spiro atoms. The van der Waals surface area contributed by atoms with E-state index in [1.165, 1.54) is 0 Å². The number of para-hydroxylation sites is 1. The Balaban J connectivity index is 2.39. The van der Waals surface area contributed by atoms with Crippen LogP contribution < -0.4 is 10.5 Å². The van der Waals surface area contributed by atoms with Gasteiger partial charge in [0.05, 0.1) is 5.56 Å². The van der Waals surface area contributed by atoms with Gasteiger partial charge in [0, 0.05) is 4.47 Å². The molecular formula is C14H12BrNOS. The summed E-state index contributed by atoms with van der Waals surface area (Å²) < 4.78 is 6.88. The van der Waals surface area contributed by atoms with Gasteiger partial charge in [0.25, 0.3) is 0 Å². The molecule has 2 nitrogen and oxygen atoms in total. The Morgan fingerprint density at radius 1 is 1.17 bits per heavy atom. The molecule has 0 bridgehead atoms. The normalized spacial score (nSPS) is 10.1. The number of ether oxygens (including phenoxy) is 1. The number of rotatable bonds is 3. The van der Waals surface area contributed by atoms with Crippen LogP contribution in [-0.2, 0) is 0 Å². The van der Waals surface area contributed by atoms with Gasteiger partial charge in [-0.1, -0.05) is 40.3 Å². The van der Waals surface area contributed by atoms with Gasteiger partial charge in [-0.3, -0.25) is 0 Å². The monoisotopic (exact) mass is 321 g/mol. The van der Waals surface area contributed by atoms with Crippen LogP contribution in [0.25, 0.3) is 0 Å². The van der Waals surface area contributed by atoms with Gasteiger partial charge in [-0.15, -0.1) is 0 Å². The van der Waals surface area contributed by atoms with Crippen molar-refractivity contribution in [1.29, 1.82) is 0 Å². The first-order valence-electron chi connectivity index (χ1n) is 5.41. The van der Waals surface area contributed by atoms with Crippen LogP contribution in [0.15, 0.2) is 46.9 Å². The first-order valence-corrected chi connectivity index (χ1v) is 6.61. The third-order valence-electron chi connectivity index (χ3n) is 2.51. The highest BCUT2D eigenvalue weighted by atomic mass is 79.9. The molecule has 4 heteroatoms. The number of halogens is 1. The summed E-state index contributed by atoms with van der Waals surface area (Å²) in [6.45, 7) is 1.97. The zero-order chi connectivity index (χ0) is 13.1. The molecular weight excluding hydrogens is 310 g/mol. The van der Waals surface area contributed by atoms with E-state index in [9.17, 15) is 0 Å². The smallest absolute Gasteiger partial charge is 0.140 e. The second-order valence-corrected chi connectivity index (χ2v) is 5.23. The minimum absolute atomic E-state index is 0.339. The second-order valence-electron chi connectivity index (χ2n) is 3.87. The van der Waals surface area contributed by atoms with E-state index in [0.717, 1.165) is 21.3 Å². The number of nitrogens with two attached hydrogens (primary N) is 1. The lowest BCUT2D eigenvalue weighted by Crippen LogP contribution is -2.11. The quantitative estimate of drug-likeness (QED) is 0.861. The summed E-state index contributed by atoms with van der Waals surface area (Å²) in [6.07, 6.45) is 0. The summed E-state index contributed by atoms with van der Waals surface area (Å²) in [5.74, 6) is 1.47. The van der Waals surface area contributed by atoms with Crippen LogP contribution in [0.4, 0.5) is 0 Å². The Labute approximate surface area is 120 Å². The first-order chi connectivity index (χ1) is 8.58. The zero-order valence-electron chi connectivity index (χ0n) is 9.81. The lowest BCUT2D eigenvalue weighted by atomic mass is 10.1. The molecule has 2 aromatic carbocycles. The predicted octanol–water partition coefficient (Wildman–Crippen LogP) is 4.18. The van der Waals surface area contributed by atoms with E-state index in [2.05, 4.69) is 15.9 Å². The van der Waals surface area contributed by atoms with Crippen LogP contribution in [0.5, 0.6) is 11.5 Å². The van der Waals surface area contributed by atoms with Gasteiger partial charge in [0.1, 0.15) is 16.5 Å². The van der Waals surface area contributed by atoms with Crippen molar-refractivity contribution in [2.75, 3.05) is 0 Å². The van der Waals surface area contributed by atoms with Crippen molar-refractivity contribution in [3.63, 3.8) is 0 Å². The highest BCUT2D eigenvalue weighted by molar-refractivity contribution is 9.10. The van der Waals surface area contributed by atoms with Gasteiger partial charge in [0.15, 0.2) is 0 Å². The van der Waals surface area contributed by atoms with E-state index in [1.54, 1.807) is 0 Å². The molecule has 0 aliphatic rings. The van der Waals surface area contributed by atoms with Crippen LogP contribution in [0.2, 0.25) is 0 Å². The van der Waals surface area contributed by atoms with Gasteiger partial charge in [-0.25, -0.2) is 0 Å². The molecule has 0 atom stereocenters. The maximum absolute atomic E-state index is 5.87. The van der Waals surface area contributed by atoms with Crippen molar-refractivity contribution in [1.82, 2.24) is 0 Å². The van der Waals surface area contributed by atoms with Crippen LogP contribution in [-0.4, -0.2) is 4.99 Å². The molecule has 18 heavy (non-hydrogen) atoms. The maximum Gasteiger partial charge on any atom is 0.140 e. The Morgan fingerprint density at radius 2 is 1.83 bits per heavy atom. The molecule has 0 aliphatic heterocycles. The number of hydrogen-bond acceptors (Lipinski definition) is 2. The van der Waals surface area contributed by atoms with Crippen molar-refractivity contribution in [3.8, 4) is 11.5 Å². The van der Waals surface area contributed by atoms with Crippen LogP contribution >= 0.6 is 28.1 Å². The Kier molecular flexibility index (Phi) is 3.99. The minimum Gasteiger partial charge on any atom is -0.456 e. The van der Waals surface area contributed by atoms with E-state index >= 15 is 0 Å². The number of aryl methyl sites for hydroxylation is 1. The summed E-state index contributed by atoms with van der Waals surface area (Å²) in [6, 6.07) is 13.4. The van der Waals surface area contributed by atoms with E-state index < -0.39 is 0 Å². The van der Waals surface area contributed by atoms with Crippen molar-refractivity contribution in [2.45, 2.75) is 6.92 Å². The summed E-state index contributed by atoms with van der Waals surface area (Å²) in [5.41, 5.74) is 7.47. The molecule has 0 saturated heterocycles. The fourth-order valence-electron chi connectivity index (χ4n) is 1.60. The standard InChI is InChI=1S/C14H12BrNOS/c1-9-3-2-4-12(14(16)18)13(9)17-11-7-5-10(15)6-8-11/h2-8H,1H3,(H2,16,18). The molecule has 92 valence electrons. The fraction of sp³-hybridized carbons (Fsp3) is 0.0714. The second kappa shape index (κ2) is 5.50. The minimum atomic E-state index is 0.339. The van der Waals surface area contributed by atoms with Crippen LogP contribution in [0, 0.1) is 6.92 Å². The third kappa shape index (κ3) is 2.89. The van der Waals surface area contributed by atoms with E-state index in [-0.39, 0.29) is 0 Å². The average molecular weight is 322 g/mol. The van der Waals surface area contributed by atoms with Gasteiger partial charge in [-0.2, -0.15) is 0 Å². The Morgan fingerprint density at radius 3 is 2.44 bits per heavy atom. The number of hydrogen-bond donors (Lipinski definition) is 1. The van der Waals surface area contributed by atoms with Crippen molar-refractivity contribution < 1.29 is 4.74 Å². The average Bonchev–Trinajstić information content (AvgIpc) is 2.34. The van der Waals surface area contributed by atoms with Gasteiger partial charge < -0.3 is 10.5 Å². The molecule has 0 fully saturated rings. The molecule has 0 saturated carbocycles. The molecule has 2 N–H and O–H groups in total. The fourth-order valence-corrected chi connectivity index (χ4v) is 2.03. The number of benzene rings is 2. The molecule has 0 aliphatic carbocycles. The molecule has 0 heterocycles. The van der Waals surface area contributed by atoms with E-state index in [1.807, 2.05) is 49.4 Å². The van der Waals surface area contributed by atoms with Gasteiger partial charge in [-0.05, 0) is 42.8 Å². The molecule has 0 aromatic heterocycles. The van der Waals surface area contributed by atoms with Gasteiger partial charge >= 0.3 is 0 Å². The van der Waals surface area contributed by atoms with Crippen molar-refractivity contribution in [3.05, 3.63) is 58.1 Å². The van der Waals surface area contributed by atoms with Crippen molar-refractivity contribution in [2.24, 2.45) is 5.73 Å². The van der Waals surface area contributed by atoms with Crippen molar-refractivity contribution >= 4 is 33.1 Å². The molecule has 0 radical (unpaired) electrons. The maximum atomic E-state index is 5.87. The lowest BCUT2D eigenvalue weighted by molar-refractivity contribution is 0.478. The summed E-state index contributed by atoms with van der Waals surface area (Å²) in [4.78, 5) is 0.339. The number of thiocarbonyl (C=S) groups is 1. The van der Waals surface area contributed by atoms with Crippen LogP contribution in [0.3, 0.4) is 0 Å². The molecule has 2 aromatic rings. The third-order valence-corrected chi connectivity index (χ3v) is 3.26. The summed E-state index contributed by atoms with van der Waals surface area (Å²) in [7, 11) is 0. The lowest BCUT2D eigenvalue weighted by Gasteiger charge is -2.13. The molecule has 2 rings (SSSR count). The SMILES string of the molecule is Cc1cccc(C(N)=S)c1Oc1ccc(Br)cc1. The Bertz CT molecular complexity index is 581. The predicted molar refractivity (Wildman–Crippen MR) is 81.3 cm³/mol. The van der Waals surface area contributed by atoms with E-state index in [0.29, 0.717) is 10.7 Å². The van der Waals surface area contributed by atoms with Gasteiger partial charge in [0.2, 0.25) is 0 Å². The first kappa shape index (κ1) is 13.1. The highest BCUT2D eigenvalue weighted by Gasteiger charge is 2.10. The Hall–Kier alpha value is -1.39. The topological polar surface area (TPSA) is 35.2 Å². The van der Waals surface area contributed by atoms with Crippen LogP contribution in [0.1, 0.15) is 11.1 Å². The zero-order valence-corrected chi connectivity index (χ0v) is 12.2. The highest BCUT2D eigenvalue weighted by Crippen LogP contribution is 2.29. The van der Waals surface area contributed by atoms with E-state index in [4.69, 9.17) is 22.7 Å². The summed E-state index contributed by atoms with van der Waals surface area (Å²) >= 11 is 8.42.